The summed E-state index contributed by atoms with van der Waals surface area (Å²) in [4.78, 5) is 13.0. The summed E-state index contributed by atoms with van der Waals surface area (Å²) in [5.41, 5.74) is -0.325. The first-order valence-electron chi connectivity index (χ1n) is 4.07. The van der Waals surface area contributed by atoms with Crippen molar-refractivity contribution < 1.29 is 26.4 Å². The standard InChI is InChI=1S/C7H6ClF3N2O3S/c8-17(15,16)4-1-5(12-2-4)6(14)13-3-7(9,10)11/h1-2,12H,3H2,(H,13,14). The molecule has 0 radical (unpaired) electrons. The number of aromatic amines is 1. The second-order valence-corrected chi connectivity index (χ2v) is 5.55. The highest BCUT2D eigenvalue weighted by molar-refractivity contribution is 8.13. The van der Waals surface area contributed by atoms with Crippen molar-refractivity contribution in [2.75, 3.05) is 6.54 Å². The van der Waals surface area contributed by atoms with Crippen LogP contribution >= 0.6 is 10.7 Å². The first-order valence-corrected chi connectivity index (χ1v) is 6.38. The fraction of sp³-hybridized carbons (Fsp3) is 0.286. The maximum Gasteiger partial charge on any atom is 0.405 e. The quantitative estimate of drug-likeness (QED) is 0.822. The van der Waals surface area contributed by atoms with Gasteiger partial charge in [-0.25, -0.2) is 8.42 Å². The molecule has 96 valence electrons. The van der Waals surface area contributed by atoms with Crippen LogP contribution in [0.25, 0.3) is 0 Å². The smallest absolute Gasteiger partial charge is 0.356 e. The number of hydrogen-bond donors (Lipinski definition) is 2. The van der Waals surface area contributed by atoms with Gasteiger partial charge in [-0.05, 0) is 6.07 Å². The molecule has 10 heteroatoms. The predicted molar refractivity (Wildman–Crippen MR) is 52.2 cm³/mol. The number of halogens is 4. The van der Waals surface area contributed by atoms with Gasteiger partial charge in [-0.2, -0.15) is 13.2 Å². The first-order chi connectivity index (χ1) is 7.59. The molecule has 17 heavy (non-hydrogen) atoms. The molecule has 0 aliphatic rings. The van der Waals surface area contributed by atoms with Gasteiger partial charge in [0.05, 0.1) is 0 Å². The monoisotopic (exact) mass is 290 g/mol. The van der Waals surface area contributed by atoms with Crippen LogP contribution in [0.15, 0.2) is 17.2 Å². The van der Waals surface area contributed by atoms with Crippen molar-refractivity contribution in [2.24, 2.45) is 0 Å². The summed E-state index contributed by atoms with van der Waals surface area (Å²) in [6.45, 7) is -1.51. The van der Waals surface area contributed by atoms with Crippen LogP contribution in [0.3, 0.4) is 0 Å². The summed E-state index contributed by atoms with van der Waals surface area (Å²) in [7, 11) is 0.947. The van der Waals surface area contributed by atoms with Gasteiger partial charge in [-0.3, -0.25) is 4.79 Å². The van der Waals surface area contributed by atoms with Gasteiger partial charge in [0.1, 0.15) is 17.1 Å². The number of alkyl halides is 3. The molecular weight excluding hydrogens is 285 g/mol. The van der Waals surface area contributed by atoms with E-state index in [-0.39, 0.29) is 5.69 Å². The highest BCUT2D eigenvalue weighted by atomic mass is 35.7. The van der Waals surface area contributed by atoms with Gasteiger partial charge < -0.3 is 10.3 Å². The van der Waals surface area contributed by atoms with Crippen molar-refractivity contribution in [1.29, 1.82) is 0 Å². The lowest BCUT2D eigenvalue weighted by Crippen LogP contribution is -2.33. The molecule has 0 aliphatic carbocycles. The number of carbonyl (C=O) groups excluding carboxylic acids is 1. The molecule has 0 aromatic carbocycles. The third kappa shape index (κ3) is 4.27. The zero-order valence-electron chi connectivity index (χ0n) is 8.01. The van der Waals surface area contributed by atoms with E-state index >= 15 is 0 Å². The summed E-state index contributed by atoms with van der Waals surface area (Å²) >= 11 is 0. The van der Waals surface area contributed by atoms with Crippen LogP contribution in [-0.4, -0.2) is 32.0 Å². The first kappa shape index (κ1) is 13.8. The van der Waals surface area contributed by atoms with E-state index in [0.29, 0.717) is 0 Å². The van der Waals surface area contributed by atoms with Gasteiger partial charge in [0, 0.05) is 16.9 Å². The SMILES string of the molecule is O=C(NCC(F)(F)F)c1cc(S(=O)(=O)Cl)c[nH]1. The zero-order valence-corrected chi connectivity index (χ0v) is 9.58. The van der Waals surface area contributed by atoms with Crippen LogP contribution < -0.4 is 5.32 Å². The molecule has 1 aromatic rings. The molecule has 0 unspecified atom stereocenters. The molecule has 1 heterocycles. The third-order valence-corrected chi connectivity index (χ3v) is 2.97. The van der Waals surface area contributed by atoms with Gasteiger partial charge in [-0.1, -0.05) is 0 Å². The molecule has 0 atom stereocenters. The van der Waals surface area contributed by atoms with Crippen LogP contribution in [0, 0.1) is 0 Å². The van der Waals surface area contributed by atoms with E-state index in [1.807, 2.05) is 0 Å². The van der Waals surface area contributed by atoms with E-state index in [0.717, 1.165) is 12.3 Å². The van der Waals surface area contributed by atoms with Crippen LogP contribution in [0.4, 0.5) is 13.2 Å². The molecule has 0 fully saturated rings. The summed E-state index contributed by atoms with van der Waals surface area (Å²) in [5.74, 6) is -1.08. The summed E-state index contributed by atoms with van der Waals surface area (Å²) in [6.07, 6.45) is -3.63. The molecule has 5 nitrogen and oxygen atoms in total. The topological polar surface area (TPSA) is 79.0 Å². The van der Waals surface area contributed by atoms with Crippen LogP contribution in [0.1, 0.15) is 10.5 Å². The van der Waals surface area contributed by atoms with Crippen molar-refractivity contribution in [3.05, 3.63) is 18.0 Å². The summed E-state index contributed by atoms with van der Waals surface area (Å²) in [6, 6.07) is 0.841. The lowest BCUT2D eigenvalue weighted by molar-refractivity contribution is -0.123. The largest absolute Gasteiger partial charge is 0.405 e. The van der Waals surface area contributed by atoms with E-state index < -0.39 is 32.6 Å². The number of H-pyrrole nitrogens is 1. The van der Waals surface area contributed by atoms with Gasteiger partial charge in [0.15, 0.2) is 0 Å². The van der Waals surface area contributed by atoms with Crippen molar-refractivity contribution in [3.8, 4) is 0 Å². The van der Waals surface area contributed by atoms with Crippen LogP contribution in [0.2, 0.25) is 0 Å². The Hall–Kier alpha value is -1.22. The third-order valence-electron chi connectivity index (χ3n) is 1.63. The van der Waals surface area contributed by atoms with Crippen molar-refractivity contribution >= 4 is 25.6 Å². The highest BCUT2D eigenvalue weighted by Gasteiger charge is 2.28. The Kier molecular flexibility index (Phi) is 3.72. The second kappa shape index (κ2) is 4.57. The van der Waals surface area contributed by atoms with Crippen molar-refractivity contribution in [3.63, 3.8) is 0 Å². The Labute approximate surface area is 98.4 Å². The Morgan fingerprint density at radius 1 is 1.47 bits per heavy atom. The van der Waals surface area contributed by atoms with Gasteiger partial charge in [0.2, 0.25) is 0 Å². The fourth-order valence-corrected chi connectivity index (χ4v) is 1.65. The van der Waals surface area contributed by atoms with E-state index in [1.54, 1.807) is 5.32 Å². The number of carbonyl (C=O) groups is 1. The average molecular weight is 291 g/mol. The minimum atomic E-state index is -4.54. The zero-order chi connectivity index (χ0) is 13.3. The Bertz CT molecular complexity index is 523. The summed E-state index contributed by atoms with van der Waals surface area (Å²) < 4.78 is 57.0. The lowest BCUT2D eigenvalue weighted by atomic mass is 10.4. The molecule has 0 aliphatic heterocycles. The molecule has 0 spiro atoms. The Balaban J connectivity index is 2.75. The number of rotatable bonds is 3. The molecule has 0 bridgehead atoms. The minimum absolute atomic E-state index is 0.325. The predicted octanol–water partition coefficient (Wildman–Crippen LogP) is 1.23. The number of nitrogens with one attached hydrogen (secondary N) is 2. The normalized spacial score (nSPS) is 12.5. The van der Waals surface area contributed by atoms with E-state index in [9.17, 15) is 26.4 Å². The molecule has 0 saturated heterocycles. The molecule has 1 aromatic heterocycles. The van der Waals surface area contributed by atoms with Crippen LogP contribution in [-0.2, 0) is 9.05 Å². The number of amides is 1. The lowest BCUT2D eigenvalue weighted by Gasteiger charge is -2.06. The maximum absolute atomic E-state index is 11.8. The van der Waals surface area contributed by atoms with Crippen molar-refractivity contribution in [2.45, 2.75) is 11.1 Å². The van der Waals surface area contributed by atoms with Gasteiger partial charge in [0.25, 0.3) is 15.0 Å². The van der Waals surface area contributed by atoms with E-state index in [2.05, 4.69) is 4.98 Å². The minimum Gasteiger partial charge on any atom is -0.356 e. The number of hydrogen-bond acceptors (Lipinski definition) is 3. The van der Waals surface area contributed by atoms with E-state index in [4.69, 9.17) is 10.7 Å². The Morgan fingerprint density at radius 3 is 2.47 bits per heavy atom. The molecule has 1 amide bonds. The Morgan fingerprint density at radius 2 is 2.06 bits per heavy atom. The highest BCUT2D eigenvalue weighted by Crippen LogP contribution is 2.16. The molecule has 1 rings (SSSR count). The van der Waals surface area contributed by atoms with Gasteiger partial charge in [-0.15, -0.1) is 0 Å². The van der Waals surface area contributed by atoms with Gasteiger partial charge >= 0.3 is 6.18 Å². The fourth-order valence-electron chi connectivity index (χ4n) is 0.922. The molecule has 0 saturated carbocycles. The van der Waals surface area contributed by atoms with Crippen LogP contribution in [0.5, 0.6) is 0 Å². The summed E-state index contributed by atoms with van der Waals surface area (Å²) in [5, 5.41) is 1.57. The number of aromatic nitrogens is 1. The van der Waals surface area contributed by atoms with E-state index in [1.165, 1.54) is 0 Å². The molecular formula is C7H6ClF3N2O3S. The average Bonchev–Trinajstić information content (AvgIpc) is 2.60. The maximum atomic E-state index is 11.8. The molecule has 2 N–H and O–H groups in total. The van der Waals surface area contributed by atoms with Crippen molar-refractivity contribution in [1.82, 2.24) is 10.3 Å². The second-order valence-electron chi connectivity index (χ2n) is 2.98.